The molecule has 3 nitrogen and oxygen atoms in total. The summed E-state index contributed by atoms with van der Waals surface area (Å²) >= 11 is 20.8. The highest BCUT2D eigenvalue weighted by molar-refractivity contribution is 14.1. The second kappa shape index (κ2) is 8.48. The monoisotopic (exact) mass is 552 g/mol. The second-order valence-corrected chi connectivity index (χ2v) is 8.72. The van der Waals surface area contributed by atoms with E-state index in [1.54, 1.807) is 36.4 Å². The lowest BCUT2D eigenvalue weighted by Crippen LogP contribution is -2.22. The molecule has 29 heavy (non-hydrogen) atoms. The predicted octanol–water partition coefficient (Wildman–Crippen LogP) is 7.12. The second-order valence-electron chi connectivity index (χ2n) is 6.22. The minimum Gasteiger partial charge on any atom is -0.268 e. The Morgan fingerprint density at radius 2 is 1.69 bits per heavy atom. The van der Waals surface area contributed by atoms with Crippen LogP contribution in [0.25, 0.3) is 28.7 Å². The Morgan fingerprint density at radius 1 is 0.897 bits per heavy atom. The number of hydrogen-bond donors (Lipinski definition) is 0. The molecule has 0 spiro atoms. The Kier molecular flexibility index (Phi) is 5.97. The zero-order chi connectivity index (χ0) is 20.5. The first kappa shape index (κ1) is 20.4. The lowest BCUT2D eigenvalue weighted by Gasteiger charge is -2.13. The number of aromatic nitrogens is 2. The molecule has 0 aliphatic heterocycles. The lowest BCUT2D eigenvalue weighted by atomic mass is 10.2. The largest absolute Gasteiger partial charge is 0.268 e. The van der Waals surface area contributed by atoms with Crippen LogP contribution in [0.2, 0.25) is 15.1 Å². The molecular weight excluding hydrogens is 542 g/mol. The maximum absolute atomic E-state index is 13.4. The third-order valence-electron chi connectivity index (χ3n) is 4.32. The van der Waals surface area contributed by atoms with Gasteiger partial charge in [0.05, 0.1) is 21.6 Å². The molecule has 3 aromatic carbocycles. The van der Waals surface area contributed by atoms with Crippen LogP contribution in [0.1, 0.15) is 11.4 Å². The number of halogens is 4. The molecule has 0 aliphatic rings. The van der Waals surface area contributed by atoms with Crippen LogP contribution in [0.4, 0.5) is 0 Å². The first-order chi connectivity index (χ1) is 13.9. The van der Waals surface area contributed by atoms with Crippen LogP contribution >= 0.6 is 57.4 Å². The van der Waals surface area contributed by atoms with E-state index in [4.69, 9.17) is 39.8 Å². The highest BCUT2D eigenvalue weighted by Crippen LogP contribution is 2.25. The van der Waals surface area contributed by atoms with Crippen molar-refractivity contribution in [1.29, 1.82) is 0 Å². The van der Waals surface area contributed by atoms with E-state index in [1.807, 2.05) is 36.4 Å². The van der Waals surface area contributed by atoms with Crippen molar-refractivity contribution in [3.8, 4) is 5.69 Å². The molecule has 4 aromatic rings. The minimum absolute atomic E-state index is 0.191. The van der Waals surface area contributed by atoms with Gasteiger partial charge >= 0.3 is 0 Å². The number of fused-ring (bicyclic) bond motifs is 1. The third-order valence-corrected chi connectivity index (χ3v) is 5.88. The Hall–Kier alpha value is -1.86. The first-order valence-corrected chi connectivity index (χ1v) is 10.8. The van der Waals surface area contributed by atoms with Gasteiger partial charge < -0.3 is 0 Å². The van der Waals surface area contributed by atoms with Crippen molar-refractivity contribution in [2.45, 2.75) is 0 Å². The lowest BCUT2D eigenvalue weighted by molar-refractivity contribution is 0.944. The number of rotatable bonds is 3. The Balaban J connectivity index is 1.98. The molecule has 7 heteroatoms. The van der Waals surface area contributed by atoms with Crippen LogP contribution in [-0.2, 0) is 0 Å². The Labute approximate surface area is 195 Å². The van der Waals surface area contributed by atoms with E-state index in [0.717, 1.165) is 9.13 Å². The number of para-hydroxylation sites is 1. The molecule has 0 N–H and O–H groups in total. The summed E-state index contributed by atoms with van der Waals surface area (Å²) in [6.07, 6.45) is 3.55. The Morgan fingerprint density at radius 3 is 2.45 bits per heavy atom. The van der Waals surface area contributed by atoms with Crippen molar-refractivity contribution in [2.75, 3.05) is 0 Å². The van der Waals surface area contributed by atoms with E-state index >= 15 is 0 Å². The van der Waals surface area contributed by atoms with Gasteiger partial charge in [0.25, 0.3) is 5.56 Å². The summed E-state index contributed by atoms with van der Waals surface area (Å²) < 4.78 is 2.47. The molecule has 0 radical (unpaired) electrons. The fraction of sp³-hybridized carbons (Fsp3) is 0. The van der Waals surface area contributed by atoms with Crippen molar-refractivity contribution in [3.05, 3.63) is 101 Å². The molecule has 144 valence electrons. The number of nitrogens with zero attached hydrogens (tertiary/aromatic N) is 2. The summed E-state index contributed by atoms with van der Waals surface area (Å²) in [6.45, 7) is 0. The van der Waals surface area contributed by atoms with E-state index < -0.39 is 0 Å². The van der Waals surface area contributed by atoms with Crippen LogP contribution in [0.5, 0.6) is 0 Å². The van der Waals surface area contributed by atoms with E-state index in [1.165, 1.54) is 4.57 Å². The van der Waals surface area contributed by atoms with Gasteiger partial charge in [-0.1, -0.05) is 53.0 Å². The van der Waals surface area contributed by atoms with Crippen LogP contribution in [0, 0.1) is 3.57 Å². The number of benzene rings is 3. The highest BCUT2D eigenvalue weighted by Gasteiger charge is 2.14. The van der Waals surface area contributed by atoms with Gasteiger partial charge in [0.1, 0.15) is 5.82 Å². The zero-order valence-corrected chi connectivity index (χ0v) is 19.2. The summed E-state index contributed by atoms with van der Waals surface area (Å²) in [4.78, 5) is 18.1. The van der Waals surface area contributed by atoms with Gasteiger partial charge in [-0.05, 0) is 82.8 Å². The maximum Gasteiger partial charge on any atom is 0.266 e. The molecule has 0 saturated heterocycles. The van der Waals surface area contributed by atoms with Crippen molar-refractivity contribution in [1.82, 2.24) is 9.55 Å². The zero-order valence-electron chi connectivity index (χ0n) is 14.7. The molecule has 0 saturated carbocycles. The van der Waals surface area contributed by atoms with Crippen molar-refractivity contribution >= 4 is 80.4 Å². The molecule has 0 bridgehead atoms. The molecule has 4 rings (SSSR count). The molecule has 0 aliphatic carbocycles. The molecule has 0 fully saturated rings. The summed E-state index contributed by atoms with van der Waals surface area (Å²) in [6, 6.07) is 18.0. The summed E-state index contributed by atoms with van der Waals surface area (Å²) in [7, 11) is 0. The standard InChI is InChI=1S/C22H12Cl3IN2O/c23-14-7-5-13(18(25)11-14)6-10-21-27-19-9-8-15(26)12-16(19)22(29)28(21)20-4-2-1-3-17(20)24/h1-12H/b10-6+. The van der Waals surface area contributed by atoms with Crippen LogP contribution in [0.3, 0.4) is 0 Å². The van der Waals surface area contributed by atoms with Gasteiger partial charge in [-0.3, -0.25) is 9.36 Å². The van der Waals surface area contributed by atoms with Crippen LogP contribution < -0.4 is 5.56 Å². The topological polar surface area (TPSA) is 34.9 Å². The van der Waals surface area contributed by atoms with Gasteiger partial charge in [-0.2, -0.15) is 0 Å². The minimum atomic E-state index is -0.191. The predicted molar refractivity (Wildman–Crippen MR) is 130 cm³/mol. The molecule has 0 amide bonds. The van der Waals surface area contributed by atoms with Gasteiger partial charge in [0, 0.05) is 13.6 Å². The molecular formula is C22H12Cl3IN2O. The summed E-state index contributed by atoms with van der Waals surface area (Å²) in [5.74, 6) is 0.447. The normalized spacial score (nSPS) is 11.4. The molecule has 1 heterocycles. The van der Waals surface area contributed by atoms with Crippen LogP contribution in [-0.4, -0.2) is 9.55 Å². The van der Waals surface area contributed by atoms with Gasteiger partial charge in [0.2, 0.25) is 0 Å². The smallest absolute Gasteiger partial charge is 0.266 e. The highest BCUT2D eigenvalue weighted by atomic mass is 127. The summed E-state index contributed by atoms with van der Waals surface area (Å²) in [5, 5.41) is 2.05. The van der Waals surface area contributed by atoms with Gasteiger partial charge in [-0.25, -0.2) is 4.98 Å². The number of hydrogen-bond acceptors (Lipinski definition) is 2. The van der Waals surface area contributed by atoms with E-state index in [-0.39, 0.29) is 5.56 Å². The van der Waals surface area contributed by atoms with E-state index in [2.05, 4.69) is 22.6 Å². The maximum atomic E-state index is 13.4. The van der Waals surface area contributed by atoms with Crippen molar-refractivity contribution in [3.63, 3.8) is 0 Å². The fourth-order valence-electron chi connectivity index (χ4n) is 2.95. The van der Waals surface area contributed by atoms with Gasteiger partial charge in [-0.15, -0.1) is 0 Å². The first-order valence-electron chi connectivity index (χ1n) is 8.54. The quantitative estimate of drug-likeness (QED) is 0.253. The Bertz CT molecular complexity index is 1330. The third kappa shape index (κ3) is 4.21. The van der Waals surface area contributed by atoms with E-state index in [9.17, 15) is 4.79 Å². The fourth-order valence-corrected chi connectivity index (χ4v) is 4.14. The molecule has 1 aromatic heterocycles. The SMILES string of the molecule is O=c1c2cc(I)ccc2nc(/C=C/c2ccc(Cl)cc2Cl)n1-c1ccccc1Cl. The molecule has 0 unspecified atom stereocenters. The van der Waals surface area contributed by atoms with Crippen LogP contribution in [0.15, 0.2) is 65.5 Å². The van der Waals surface area contributed by atoms with Gasteiger partial charge in [0.15, 0.2) is 0 Å². The average molecular weight is 554 g/mol. The van der Waals surface area contributed by atoms with E-state index in [0.29, 0.717) is 37.5 Å². The average Bonchev–Trinajstić information content (AvgIpc) is 2.69. The van der Waals surface area contributed by atoms with Crippen molar-refractivity contribution < 1.29 is 0 Å². The van der Waals surface area contributed by atoms with Crippen molar-refractivity contribution in [2.24, 2.45) is 0 Å². The summed E-state index contributed by atoms with van der Waals surface area (Å²) in [5.41, 5.74) is 1.75. The molecule has 0 atom stereocenters.